The number of aryl methyl sites for hydroxylation is 1. The van der Waals surface area contributed by atoms with Gasteiger partial charge in [0.25, 0.3) is 0 Å². The summed E-state index contributed by atoms with van der Waals surface area (Å²) in [6.45, 7) is 15.1. The summed E-state index contributed by atoms with van der Waals surface area (Å²) in [6, 6.07) is 5.90. The summed E-state index contributed by atoms with van der Waals surface area (Å²) in [4.78, 5) is 13.9. The molecule has 3 rings (SSSR count). The number of rotatable bonds is 2. The lowest BCUT2D eigenvalue weighted by Gasteiger charge is -2.32. The Hall–Kier alpha value is -2.24. The van der Waals surface area contributed by atoms with Crippen LogP contribution < -0.4 is 0 Å². The van der Waals surface area contributed by atoms with E-state index in [0.29, 0.717) is 19.0 Å². The maximum absolute atomic E-state index is 12.1. The molecule has 1 aliphatic rings. The minimum Gasteiger partial charge on any atom is -0.463 e. The number of hydrogen-bond donors (Lipinski definition) is 0. The smallest absolute Gasteiger partial charge is 0.410 e. The van der Waals surface area contributed by atoms with E-state index in [1.54, 1.807) is 11.2 Å². The fraction of sp³-hybridized carbons (Fsp3) is 0.636. The first kappa shape index (κ1) is 23.8. The van der Waals surface area contributed by atoms with Crippen molar-refractivity contribution in [1.29, 1.82) is 0 Å². The molecule has 28 heavy (non-hydrogen) atoms. The van der Waals surface area contributed by atoms with Crippen molar-refractivity contribution in [3.8, 4) is 11.5 Å². The van der Waals surface area contributed by atoms with Gasteiger partial charge in [-0.3, -0.25) is 4.68 Å². The molecule has 0 aliphatic carbocycles. The molecule has 0 atom stereocenters. The number of nitrogens with zero attached hydrogens (tertiary/aromatic N) is 3. The number of hydrogen-bond acceptors (Lipinski definition) is 4. The fourth-order valence-corrected chi connectivity index (χ4v) is 3.03. The van der Waals surface area contributed by atoms with Crippen LogP contribution in [0, 0.1) is 0 Å². The molecule has 1 saturated heterocycles. The molecule has 0 N–H and O–H groups in total. The number of piperidine rings is 1. The first-order chi connectivity index (χ1) is 13.3. The average molecular weight is 392 g/mol. The van der Waals surface area contributed by atoms with E-state index in [-0.39, 0.29) is 6.09 Å². The molecule has 2 aromatic rings. The van der Waals surface area contributed by atoms with Crippen molar-refractivity contribution in [2.75, 3.05) is 13.1 Å². The monoisotopic (exact) mass is 391 g/mol. The molecule has 3 heterocycles. The Bertz CT molecular complexity index is 691. The summed E-state index contributed by atoms with van der Waals surface area (Å²) >= 11 is 0. The molecule has 1 amide bonds. The van der Waals surface area contributed by atoms with Crippen LogP contribution in [-0.4, -0.2) is 39.5 Å². The molecule has 158 valence electrons. The predicted molar refractivity (Wildman–Crippen MR) is 113 cm³/mol. The highest BCUT2D eigenvalue weighted by atomic mass is 16.6. The summed E-state index contributed by atoms with van der Waals surface area (Å²) in [6.07, 6.45) is 3.24. The van der Waals surface area contributed by atoms with E-state index in [0.717, 1.165) is 30.0 Å². The van der Waals surface area contributed by atoms with Gasteiger partial charge in [-0.15, -0.1) is 0 Å². The third-order valence-corrected chi connectivity index (χ3v) is 4.24. The number of carbonyl (C=O) groups excluding carboxylic acids is 1. The van der Waals surface area contributed by atoms with Gasteiger partial charge in [0.15, 0.2) is 5.76 Å². The van der Waals surface area contributed by atoms with Crippen LogP contribution in [0.15, 0.2) is 28.9 Å². The van der Waals surface area contributed by atoms with E-state index in [2.05, 4.69) is 11.2 Å². The SMILES string of the molecule is CC.CC.Cn1nc(C2CCN(C(=O)OC(C)(C)C)CC2)cc1-c1ccco1. The van der Waals surface area contributed by atoms with E-state index < -0.39 is 5.60 Å². The van der Waals surface area contributed by atoms with Crippen LogP contribution >= 0.6 is 0 Å². The van der Waals surface area contributed by atoms with Crippen LogP contribution in [0.3, 0.4) is 0 Å². The summed E-state index contributed by atoms with van der Waals surface area (Å²) in [5.74, 6) is 1.18. The fourth-order valence-electron chi connectivity index (χ4n) is 3.03. The summed E-state index contributed by atoms with van der Waals surface area (Å²) in [5.41, 5.74) is 1.59. The molecule has 0 aromatic carbocycles. The van der Waals surface area contributed by atoms with E-state index in [1.807, 2.05) is 72.3 Å². The molecule has 0 radical (unpaired) electrons. The molecule has 1 fully saturated rings. The molecular formula is C22H37N3O3. The average Bonchev–Trinajstić information content (AvgIpc) is 3.33. The van der Waals surface area contributed by atoms with Gasteiger partial charge in [-0.1, -0.05) is 27.7 Å². The summed E-state index contributed by atoms with van der Waals surface area (Å²) < 4.78 is 12.8. The van der Waals surface area contributed by atoms with Gasteiger partial charge < -0.3 is 14.1 Å². The lowest BCUT2D eigenvalue weighted by Crippen LogP contribution is -2.41. The van der Waals surface area contributed by atoms with Crippen molar-refractivity contribution in [3.05, 3.63) is 30.2 Å². The zero-order valence-corrected chi connectivity index (χ0v) is 18.8. The highest BCUT2D eigenvalue weighted by Crippen LogP contribution is 2.31. The zero-order valence-electron chi connectivity index (χ0n) is 18.8. The van der Waals surface area contributed by atoms with Crippen LogP contribution in [0.5, 0.6) is 0 Å². The van der Waals surface area contributed by atoms with E-state index >= 15 is 0 Å². The van der Waals surface area contributed by atoms with Crippen molar-refractivity contribution in [1.82, 2.24) is 14.7 Å². The molecule has 6 nitrogen and oxygen atoms in total. The van der Waals surface area contributed by atoms with Gasteiger partial charge in [-0.25, -0.2) is 4.79 Å². The molecule has 2 aromatic heterocycles. The van der Waals surface area contributed by atoms with E-state index in [9.17, 15) is 4.79 Å². The molecule has 0 bridgehead atoms. The Balaban J connectivity index is 0.000000921. The van der Waals surface area contributed by atoms with Gasteiger partial charge in [0, 0.05) is 26.1 Å². The van der Waals surface area contributed by atoms with Gasteiger partial charge in [0.2, 0.25) is 0 Å². The van der Waals surface area contributed by atoms with E-state index in [4.69, 9.17) is 9.15 Å². The van der Waals surface area contributed by atoms with Gasteiger partial charge in [0.05, 0.1) is 12.0 Å². The van der Waals surface area contributed by atoms with Crippen molar-refractivity contribution < 1.29 is 13.9 Å². The van der Waals surface area contributed by atoms with Gasteiger partial charge >= 0.3 is 6.09 Å². The van der Waals surface area contributed by atoms with Gasteiger partial charge in [-0.05, 0) is 51.8 Å². The molecule has 6 heteroatoms. The van der Waals surface area contributed by atoms with Crippen molar-refractivity contribution in [3.63, 3.8) is 0 Å². The number of likely N-dealkylation sites (tertiary alicyclic amines) is 1. The molecule has 1 aliphatic heterocycles. The lowest BCUT2D eigenvalue weighted by atomic mass is 9.93. The second-order valence-electron chi connectivity index (χ2n) is 7.30. The number of ether oxygens (including phenoxy) is 1. The molecule has 0 unspecified atom stereocenters. The topological polar surface area (TPSA) is 60.5 Å². The Labute approximate surface area is 169 Å². The quantitative estimate of drug-likeness (QED) is 0.644. The normalized spacial score (nSPS) is 14.5. The zero-order chi connectivity index (χ0) is 21.3. The van der Waals surface area contributed by atoms with Crippen LogP contribution in [0.1, 0.15) is 72.9 Å². The summed E-state index contributed by atoms with van der Waals surface area (Å²) in [7, 11) is 1.93. The minimum absolute atomic E-state index is 0.224. The van der Waals surface area contributed by atoms with Gasteiger partial charge in [0.1, 0.15) is 11.3 Å². The third-order valence-electron chi connectivity index (χ3n) is 4.24. The number of furan rings is 1. The largest absolute Gasteiger partial charge is 0.463 e. The number of amides is 1. The number of carbonyl (C=O) groups is 1. The molecule has 0 saturated carbocycles. The first-order valence-electron chi connectivity index (χ1n) is 10.4. The maximum Gasteiger partial charge on any atom is 0.410 e. The van der Waals surface area contributed by atoms with Crippen LogP contribution in [-0.2, 0) is 11.8 Å². The Morgan fingerprint density at radius 3 is 2.29 bits per heavy atom. The highest BCUT2D eigenvalue weighted by molar-refractivity contribution is 5.68. The highest BCUT2D eigenvalue weighted by Gasteiger charge is 2.29. The predicted octanol–water partition coefficient (Wildman–Crippen LogP) is 5.85. The third kappa shape index (κ3) is 6.43. The van der Waals surface area contributed by atoms with E-state index in [1.165, 1.54) is 0 Å². The molecule has 0 spiro atoms. The first-order valence-corrected chi connectivity index (χ1v) is 10.4. The van der Waals surface area contributed by atoms with Crippen LogP contribution in [0.2, 0.25) is 0 Å². The second kappa shape index (κ2) is 10.9. The standard InChI is InChI=1S/C18H25N3O3.2C2H6/c1-18(2,3)24-17(22)21-9-7-13(8-10-21)14-12-15(20(4)19-14)16-6-5-11-23-16;2*1-2/h5-6,11-13H,7-10H2,1-4H3;2*1-2H3. The van der Waals surface area contributed by atoms with Crippen molar-refractivity contribution in [2.24, 2.45) is 7.05 Å². The maximum atomic E-state index is 12.1. The van der Waals surface area contributed by atoms with Crippen LogP contribution in [0.25, 0.3) is 11.5 Å². The summed E-state index contributed by atoms with van der Waals surface area (Å²) in [5, 5.41) is 4.64. The van der Waals surface area contributed by atoms with Crippen molar-refractivity contribution in [2.45, 2.75) is 72.8 Å². The Kier molecular flexibility index (Phi) is 9.29. The molecular weight excluding hydrogens is 354 g/mol. The minimum atomic E-state index is -0.452. The lowest BCUT2D eigenvalue weighted by molar-refractivity contribution is 0.0204. The van der Waals surface area contributed by atoms with Crippen molar-refractivity contribution >= 4 is 6.09 Å². The second-order valence-corrected chi connectivity index (χ2v) is 7.30. The Morgan fingerprint density at radius 1 is 1.18 bits per heavy atom. The number of aromatic nitrogens is 2. The van der Waals surface area contributed by atoms with Crippen LogP contribution in [0.4, 0.5) is 4.79 Å². The Morgan fingerprint density at radius 2 is 1.79 bits per heavy atom. The van der Waals surface area contributed by atoms with Gasteiger partial charge in [-0.2, -0.15) is 5.10 Å².